The molecule has 0 atom stereocenters. The van der Waals surface area contributed by atoms with Gasteiger partial charge < -0.3 is 9.64 Å². The highest BCUT2D eigenvalue weighted by Gasteiger charge is 2.32. The molecule has 88 valence electrons. The van der Waals surface area contributed by atoms with Crippen LogP contribution in [0.1, 0.15) is 39.5 Å². The minimum absolute atomic E-state index is 0.522. The Morgan fingerprint density at radius 1 is 1.40 bits per heavy atom. The Labute approximate surface area is 93.3 Å². The zero-order chi connectivity index (χ0) is 11.3. The molecule has 0 aromatic carbocycles. The molecule has 0 spiro atoms. The van der Waals surface area contributed by atoms with E-state index in [0.717, 1.165) is 31.8 Å². The summed E-state index contributed by atoms with van der Waals surface area (Å²) >= 11 is 0. The summed E-state index contributed by atoms with van der Waals surface area (Å²) in [6.07, 6.45) is 4.66. The SMILES string of the molecule is CCC(CC)N(CCOC)C(=N)C1CC1. The molecule has 3 nitrogen and oxygen atoms in total. The van der Waals surface area contributed by atoms with Gasteiger partial charge >= 0.3 is 0 Å². The van der Waals surface area contributed by atoms with E-state index in [1.165, 1.54) is 12.8 Å². The highest BCUT2D eigenvalue weighted by atomic mass is 16.5. The summed E-state index contributed by atoms with van der Waals surface area (Å²) < 4.78 is 5.12. The summed E-state index contributed by atoms with van der Waals surface area (Å²) in [6, 6.07) is 0.522. The normalized spacial score (nSPS) is 15.7. The molecule has 0 aliphatic heterocycles. The maximum Gasteiger partial charge on any atom is 0.0992 e. The molecular formula is C12H24N2O. The van der Waals surface area contributed by atoms with Crippen LogP contribution in [-0.2, 0) is 4.74 Å². The number of nitrogens with zero attached hydrogens (tertiary/aromatic N) is 1. The number of methoxy groups -OCH3 is 1. The van der Waals surface area contributed by atoms with Crippen molar-refractivity contribution >= 4 is 5.84 Å². The molecule has 1 aliphatic rings. The van der Waals surface area contributed by atoms with Gasteiger partial charge in [-0.15, -0.1) is 0 Å². The molecular weight excluding hydrogens is 188 g/mol. The molecule has 3 heteroatoms. The van der Waals surface area contributed by atoms with Gasteiger partial charge in [-0.05, 0) is 25.7 Å². The average molecular weight is 212 g/mol. The van der Waals surface area contributed by atoms with E-state index in [-0.39, 0.29) is 0 Å². The van der Waals surface area contributed by atoms with Crippen LogP contribution in [0.4, 0.5) is 0 Å². The predicted octanol–water partition coefficient (Wildman–Crippen LogP) is 2.51. The molecule has 0 aromatic rings. The molecule has 1 aliphatic carbocycles. The van der Waals surface area contributed by atoms with Crippen molar-refractivity contribution in [1.82, 2.24) is 4.90 Å². The van der Waals surface area contributed by atoms with Crippen LogP contribution in [0.2, 0.25) is 0 Å². The summed E-state index contributed by atoms with van der Waals surface area (Å²) in [7, 11) is 1.73. The summed E-state index contributed by atoms with van der Waals surface area (Å²) in [4.78, 5) is 2.25. The Hall–Kier alpha value is -0.570. The number of amidine groups is 1. The third kappa shape index (κ3) is 3.49. The summed E-state index contributed by atoms with van der Waals surface area (Å²) in [6.45, 7) is 6.01. The van der Waals surface area contributed by atoms with E-state index >= 15 is 0 Å². The smallest absolute Gasteiger partial charge is 0.0992 e. The van der Waals surface area contributed by atoms with Gasteiger partial charge in [-0.1, -0.05) is 13.8 Å². The van der Waals surface area contributed by atoms with Crippen LogP contribution >= 0.6 is 0 Å². The van der Waals surface area contributed by atoms with Crippen molar-refractivity contribution in [2.75, 3.05) is 20.3 Å². The lowest BCUT2D eigenvalue weighted by Crippen LogP contribution is -2.42. The van der Waals surface area contributed by atoms with Crippen molar-refractivity contribution in [1.29, 1.82) is 5.41 Å². The molecule has 0 aromatic heterocycles. The van der Waals surface area contributed by atoms with Gasteiger partial charge in [0.2, 0.25) is 0 Å². The van der Waals surface area contributed by atoms with Gasteiger partial charge in [0.15, 0.2) is 0 Å². The average Bonchev–Trinajstić information content (AvgIpc) is 3.07. The fraction of sp³-hybridized carbons (Fsp3) is 0.917. The minimum Gasteiger partial charge on any atom is -0.383 e. The van der Waals surface area contributed by atoms with E-state index in [1.54, 1.807) is 7.11 Å². The van der Waals surface area contributed by atoms with Crippen LogP contribution in [0, 0.1) is 11.3 Å². The van der Waals surface area contributed by atoms with Crippen molar-refractivity contribution in [2.24, 2.45) is 5.92 Å². The lowest BCUT2D eigenvalue weighted by Gasteiger charge is -2.32. The van der Waals surface area contributed by atoms with Crippen LogP contribution in [0.25, 0.3) is 0 Å². The molecule has 1 rings (SSSR count). The Balaban J connectivity index is 2.53. The van der Waals surface area contributed by atoms with Crippen molar-refractivity contribution in [3.63, 3.8) is 0 Å². The standard InChI is InChI=1S/C12H24N2O/c1-4-11(5-2)14(8-9-15-3)12(13)10-6-7-10/h10-11,13H,4-9H2,1-3H3. The highest BCUT2D eigenvalue weighted by Crippen LogP contribution is 2.32. The Kier molecular flexibility index (Phi) is 5.09. The fourth-order valence-corrected chi connectivity index (χ4v) is 2.01. The number of hydrogen-bond donors (Lipinski definition) is 1. The van der Waals surface area contributed by atoms with Gasteiger partial charge in [-0.2, -0.15) is 0 Å². The molecule has 0 radical (unpaired) electrons. The zero-order valence-electron chi connectivity index (χ0n) is 10.3. The van der Waals surface area contributed by atoms with Crippen molar-refractivity contribution in [3.05, 3.63) is 0 Å². The van der Waals surface area contributed by atoms with Crippen molar-refractivity contribution in [3.8, 4) is 0 Å². The quantitative estimate of drug-likeness (QED) is 0.520. The first-order valence-corrected chi connectivity index (χ1v) is 6.08. The lowest BCUT2D eigenvalue weighted by atomic mass is 10.1. The predicted molar refractivity (Wildman–Crippen MR) is 63.4 cm³/mol. The maximum absolute atomic E-state index is 8.15. The van der Waals surface area contributed by atoms with Gasteiger partial charge in [-0.25, -0.2) is 0 Å². The highest BCUT2D eigenvalue weighted by molar-refractivity contribution is 5.84. The number of rotatable bonds is 7. The topological polar surface area (TPSA) is 36.3 Å². The van der Waals surface area contributed by atoms with E-state index in [1.807, 2.05) is 0 Å². The van der Waals surface area contributed by atoms with Gasteiger partial charge in [0.05, 0.1) is 12.4 Å². The van der Waals surface area contributed by atoms with Crippen LogP contribution in [0.5, 0.6) is 0 Å². The van der Waals surface area contributed by atoms with Crippen molar-refractivity contribution in [2.45, 2.75) is 45.6 Å². The molecule has 1 fully saturated rings. The van der Waals surface area contributed by atoms with E-state index < -0.39 is 0 Å². The Morgan fingerprint density at radius 2 is 2.00 bits per heavy atom. The fourth-order valence-electron chi connectivity index (χ4n) is 2.01. The lowest BCUT2D eigenvalue weighted by molar-refractivity contribution is 0.156. The number of nitrogens with one attached hydrogen (secondary N) is 1. The van der Waals surface area contributed by atoms with Crippen LogP contribution in [-0.4, -0.2) is 37.0 Å². The second-order valence-corrected chi connectivity index (χ2v) is 4.32. The largest absolute Gasteiger partial charge is 0.383 e. The molecule has 15 heavy (non-hydrogen) atoms. The molecule has 0 unspecified atom stereocenters. The Bertz CT molecular complexity index is 198. The van der Waals surface area contributed by atoms with Gasteiger partial charge in [-0.3, -0.25) is 5.41 Å². The second-order valence-electron chi connectivity index (χ2n) is 4.32. The first kappa shape index (κ1) is 12.5. The molecule has 0 bridgehead atoms. The first-order chi connectivity index (χ1) is 7.24. The van der Waals surface area contributed by atoms with E-state index in [9.17, 15) is 0 Å². The third-order valence-electron chi connectivity index (χ3n) is 3.19. The summed E-state index contributed by atoms with van der Waals surface area (Å²) in [5.41, 5.74) is 0. The maximum atomic E-state index is 8.15. The molecule has 1 N–H and O–H groups in total. The Morgan fingerprint density at radius 3 is 2.40 bits per heavy atom. The first-order valence-electron chi connectivity index (χ1n) is 6.08. The summed E-state index contributed by atoms with van der Waals surface area (Å²) in [5, 5.41) is 8.15. The monoisotopic (exact) mass is 212 g/mol. The minimum atomic E-state index is 0.522. The van der Waals surface area contributed by atoms with Crippen LogP contribution in [0.3, 0.4) is 0 Å². The van der Waals surface area contributed by atoms with E-state index in [4.69, 9.17) is 10.1 Å². The molecule has 0 saturated heterocycles. The molecule has 0 amide bonds. The van der Waals surface area contributed by atoms with Crippen LogP contribution < -0.4 is 0 Å². The summed E-state index contributed by atoms with van der Waals surface area (Å²) in [5.74, 6) is 1.39. The molecule has 1 saturated carbocycles. The van der Waals surface area contributed by atoms with Gasteiger partial charge in [0, 0.05) is 25.6 Å². The second kappa shape index (κ2) is 6.11. The van der Waals surface area contributed by atoms with E-state index in [2.05, 4.69) is 18.7 Å². The zero-order valence-corrected chi connectivity index (χ0v) is 10.3. The van der Waals surface area contributed by atoms with E-state index in [0.29, 0.717) is 12.0 Å². The number of hydrogen-bond acceptors (Lipinski definition) is 2. The van der Waals surface area contributed by atoms with Gasteiger partial charge in [0.25, 0.3) is 0 Å². The number of ether oxygens (including phenoxy) is 1. The van der Waals surface area contributed by atoms with Crippen LogP contribution in [0.15, 0.2) is 0 Å². The third-order valence-corrected chi connectivity index (χ3v) is 3.19. The van der Waals surface area contributed by atoms with Crippen molar-refractivity contribution < 1.29 is 4.74 Å². The van der Waals surface area contributed by atoms with Gasteiger partial charge in [0.1, 0.15) is 0 Å². The molecule has 0 heterocycles.